The summed E-state index contributed by atoms with van der Waals surface area (Å²) in [7, 11) is 1.57. The molecule has 0 bridgehead atoms. The highest BCUT2D eigenvalue weighted by atomic mass is 32.2. The quantitative estimate of drug-likeness (QED) is 0.774. The lowest BCUT2D eigenvalue weighted by Gasteiger charge is -2.07. The molecule has 16 heavy (non-hydrogen) atoms. The summed E-state index contributed by atoms with van der Waals surface area (Å²) in [5, 5.41) is 2.02. The third-order valence-electron chi connectivity index (χ3n) is 2.07. The van der Waals surface area contributed by atoms with Crippen LogP contribution in [0.4, 0.5) is 0 Å². The Morgan fingerprint density at radius 2 is 2.19 bits per heavy atom. The smallest absolute Gasteiger partial charge is 0.154 e. The molecule has 0 aliphatic heterocycles. The first-order chi connectivity index (χ1) is 7.85. The van der Waals surface area contributed by atoms with Gasteiger partial charge in [0.2, 0.25) is 0 Å². The van der Waals surface area contributed by atoms with Crippen LogP contribution < -0.4 is 4.74 Å². The van der Waals surface area contributed by atoms with E-state index in [9.17, 15) is 4.79 Å². The molecule has 82 valence electrons. The number of rotatable bonds is 4. The maximum absolute atomic E-state index is 11.0. The van der Waals surface area contributed by atoms with Crippen LogP contribution in [0.2, 0.25) is 0 Å². The van der Waals surface area contributed by atoms with E-state index < -0.39 is 0 Å². The molecule has 0 fully saturated rings. The van der Waals surface area contributed by atoms with E-state index in [1.54, 1.807) is 36.3 Å². The van der Waals surface area contributed by atoms with Gasteiger partial charge in [-0.25, -0.2) is 0 Å². The lowest BCUT2D eigenvalue weighted by molar-refractivity contribution is 0.111. The SMILES string of the molecule is COc1cccc(Sc2cccs2)c1C=O. The van der Waals surface area contributed by atoms with Crippen molar-refractivity contribution in [1.82, 2.24) is 0 Å². The lowest BCUT2D eigenvalue weighted by atomic mass is 10.2. The van der Waals surface area contributed by atoms with Crippen LogP contribution in [0.15, 0.2) is 44.8 Å². The Bertz CT molecular complexity index is 478. The van der Waals surface area contributed by atoms with Crippen LogP contribution in [0.25, 0.3) is 0 Å². The predicted molar refractivity (Wildman–Crippen MR) is 66.8 cm³/mol. The van der Waals surface area contributed by atoms with Gasteiger partial charge >= 0.3 is 0 Å². The van der Waals surface area contributed by atoms with E-state index in [2.05, 4.69) is 0 Å². The zero-order valence-corrected chi connectivity index (χ0v) is 10.3. The van der Waals surface area contributed by atoms with Crippen molar-refractivity contribution in [2.75, 3.05) is 7.11 Å². The first-order valence-corrected chi connectivity index (χ1v) is 6.38. The molecular formula is C12H10O2S2. The van der Waals surface area contributed by atoms with E-state index in [1.165, 1.54) is 0 Å². The normalized spacial score (nSPS) is 10.1. The molecule has 2 nitrogen and oxygen atoms in total. The van der Waals surface area contributed by atoms with E-state index in [0.29, 0.717) is 11.3 Å². The van der Waals surface area contributed by atoms with Crippen LogP contribution in [0.3, 0.4) is 0 Å². The van der Waals surface area contributed by atoms with Crippen molar-refractivity contribution in [3.05, 3.63) is 41.3 Å². The fourth-order valence-electron chi connectivity index (χ4n) is 1.34. The van der Waals surface area contributed by atoms with Gasteiger partial charge in [-0.05, 0) is 23.6 Å². The molecule has 4 heteroatoms. The van der Waals surface area contributed by atoms with E-state index in [1.807, 2.05) is 29.6 Å². The van der Waals surface area contributed by atoms with E-state index >= 15 is 0 Å². The van der Waals surface area contributed by atoms with Gasteiger partial charge in [0, 0.05) is 4.90 Å². The topological polar surface area (TPSA) is 26.3 Å². The Balaban J connectivity index is 2.36. The molecule has 0 spiro atoms. The molecule has 1 heterocycles. The first kappa shape index (κ1) is 11.2. The van der Waals surface area contributed by atoms with Gasteiger partial charge in [0.05, 0.1) is 16.9 Å². The molecule has 1 aromatic heterocycles. The van der Waals surface area contributed by atoms with Gasteiger partial charge in [-0.1, -0.05) is 23.9 Å². The van der Waals surface area contributed by atoms with Crippen molar-refractivity contribution in [3.63, 3.8) is 0 Å². The standard InChI is InChI=1S/C12H10O2S2/c1-14-10-4-2-5-11(9(10)8-13)16-12-6-3-7-15-12/h2-8H,1H3. The summed E-state index contributed by atoms with van der Waals surface area (Å²) in [4.78, 5) is 12.0. The number of carbonyl (C=O) groups is 1. The Morgan fingerprint density at radius 1 is 1.31 bits per heavy atom. The van der Waals surface area contributed by atoms with Gasteiger partial charge in [-0.3, -0.25) is 4.79 Å². The molecule has 2 rings (SSSR count). The van der Waals surface area contributed by atoms with Crippen molar-refractivity contribution >= 4 is 29.4 Å². The fourth-order valence-corrected chi connectivity index (χ4v) is 3.18. The van der Waals surface area contributed by atoms with Crippen LogP contribution in [0.1, 0.15) is 10.4 Å². The average Bonchev–Trinajstić information content (AvgIpc) is 2.81. The van der Waals surface area contributed by atoms with Crippen LogP contribution in [-0.4, -0.2) is 13.4 Å². The lowest BCUT2D eigenvalue weighted by Crippen LogP contribution is -1.92. The molecule has 0 atom stereocenters. The van der Waals surface area contributed by atoms with E-state index in [0.717, 1.165) is 15.4 Å². The van der Waals surface area contributed by atoms with Crippen LogP contribution in [0.5, 0.6) is 5.75 Å². The van der Waals surface area contributed by atoms with Crippen molar-refractivity contribution < 1.29 is 9.53 Å². The minimum absolute atomic E-state index is 0.614. The second kappa shape index (κ2) is 5.18. The number of benzene rings is 1. The summed E-state index contributed by atoms with van der Waals surface area (Å²) >= 11 is 3.24. The number of carbonyl (C=O) groups excluding carboxylic acids is 1. The number of thiophene rings is 1. The first-order valence-electron chi connectivity index (χ1n) is 4.68. The Kier molecular flexibility index (Phi) is 3.64. The van der Waals surface area contributed by atoms with Crippen molar-refractivity contribution in [2.24, 2.45) is 0 Å². The predicted octanol–water partition coefficient (Wildman–Crippen LogP) is 3.72. The molecule has 0 aliphatic carbocycles. The highest BCUT2D eigenvalue weighted by Crippen LogP contribution is 2.35. The third kappa shape index (κ3) is 2.28. The van der Waals surface area contributed by atoms with Gasteiger partial charge in [-0.2, -0.15) is 0 Å². The van der Waals surface area contributed by atoms with Gasteiger partial charge in [-0.15, -0.1) is 11.3 Å². The highest BCUT2D eigenvalue weighted by Gasteiger charge is 2.09. The van der Waals surface area contributed by atoms with E-state index in [4.69, 9.17) is 4.74 Å². The molecule has 0 unspecified atom stereocenters. The monoisotopic (exact) mass is 250 g/mol. The van der Waals surface area contributed by atoms with Crippen LogP contribution in [-0.2, 0) is 0 Å². The maximum Gasteiger partial charge on any atom is 0.154 e. The Morgan fingerprint density at radius 3 is 2.81 bits per heavy atom. The maximum atomic E-state index is 11.0. The zero-order valence-electron chi connectivity index (χ0n) is 8.67. The van der Waals surface area contributed by atoms with Crippen molar-refractivity contribution in [1.29, 1.82) is 0 Å². The highest BCUT2D eigenvalue weighted by molar-refractivity contribution is 8.01. The largest absolute Gasteiger partial charge is 0.496 e. The van der Waals surface area contributed by atoms with E-state index in [-0.39, 0.29) is 0 Å². The molecule has 0 N–H and O–H groups in total. The van der Waals surface area contributed by atoms with Crippen LogP contribution in [0, 0.1) is 0 Å². The molecule has 0 saturated heterocycles. The summed E-state index contributed by atoms with van der Waals surface area (Å²) in [5.74, 6) is 0.622. The van der Waals surface area contributed by atoms with Gasteiger partial charge in [0.1, 0.15) is 5.75 Å². The molecular weight excluding hydrogens is 240 g/mol. The minimum Gasteiger partial charge on any atom is -0.496 e. The van der Waals surface area contributed by atoms with Gasteiger partial charge in [0.25, 0.3) is 0 Å². The summed E-state index contributed by atoms with van der Waals surface area (Å²) in [6, 6.07) is 9.64. The second-order valence-electron chi connectivity index (χ2n) is 3.02. The number of ether oxygens (including phenoxy) is 1. The van der Waals surface area contributed by atoms with Gasteiger partial charge < -0.3 is 4.74 Å². The average molecular weight is 250 g/mol. The third-order valence-corrected chi connectivity index (χ3v) is 4.18. The molecule has 0 aliphatic rings. The summed E-state index contributed by atoms with van der Waals surface area (Å²) in [6.07, 6.45) is 0.842. The molecule has 0 amide bonds. The summed E-state index contributed by atoms with van der Waals surface area (Å²) in [5.41, 5.74) is 0.614. The summed E-state index contributed by atoms with van der Waals surface area (Å²) in [6.45, 7) is 0. The van der Waals surface area contributed by atoms with Crippen molar-refractivity contribution in [2.45, 2.75) is 9.10 Å². The molecule has 2 aromatic rings. The molecule has 1 aromatic carbocycles. The number of methoxy groups -OCH3 is 1. The zero-order chi connectivity index (χ0) is 11.4. The Hall–Kier alpha value is -1.26. The van der Waals surface area contributed by atoms with Crippen LogP contribution >= 0.6 is 23.1 Å². The van der Waals surface area contributed by atoms with Crippen molar-refractivity contribution in [3.8, 4) is 5.75 Å². The Labute approximate surface area is 102 Å². The summed E-state index contributed by atoms with van der Waals surface area (Å²) < 4.78 is 6.32. The molecule has 0 radical (unpaired) electrons. The van der Waals surface area contributed by atoms with Gasteiger partial charge in [0.15, 0.2) is 6.29 Å². The number of aldehydes is 1. The fraction of sp³-hybridized carbons (Fsp3) is 0.0833. The second-order valence-corrected chi connectivity index (χ2v) is 5.31. The number of hydrogen-bond acceptors (Lipinski definition) is 4. The number of hydrogen-bond donors (Lipinski definition) is 0. The molecule has 0 saturated carbocycles. The minimum atomic E-state index is 0.614.